The van der Waals surface area contributed by atoms with Gasteiger partial charge in [-0.15, -0.1) is 0 Å². The maximum absolute atomic E-state index is 4.96. The van der Waals surface area contributed by atoms with Gasteiger partial charge in [0.25, 0.3) is 0 Å². The maximum atomic E-state index is 4.96. The summed E-state index contributed by atoms with van der Waals surface area (Å²) in [4.78, 5) is 4.96. The Bertz CT molecular complexity index is 810. The van der Waals surface area contributed by atoms with E-state index < -0.39 is 0 Å². The quantitative estimate of drug-likeness (QED) is 0.740. The Labute approximate surface area is 142 Å². The zero-order valence-corrected chi connectivity index (χ0v) is 13.3. The molecule has 117 valence electrons. The van der Waals surface area contributed by atoms with Crippen molar-refractivity contribution < 1.29 is 0 Å². The molecule has 2 heteroatoms. The van der Waals surface area contributed by atoms with Gasteiger partial charge in [0.05, 0.1) is 12.5 Å². The fourth-order valence-electron chi connectivity index (χ4n) is 3.13. The van der Waals surface area contributed by atoms with Crippen molar-refractivity contribution in [2.45, 2.75) is 12.1 Å². The number of hydrogen-bond donors (Lipinski definition) is 1. The molecule has 1 aliphatic rings. The van der Waals surface area contributed by atoms with Crippen molar-refractivity contribution in [1.82, 2.24) is 5.32 Å². The van der Waals surface area contributed by atoms with Crippen LogP contribution in [0.15, 0.2) is 96.0 Å². The van der Waals surface area contributed by atoms with Gasteiger partial charge in [0, 0.05) is 0 Å². The average molecular weight is 311 g/mol. The van der Waals surface area contributed by atoms with Crippen LogP contribution in [0.4, 0.5) is 0 Å². The monoisotopic (exact) mass is 311 g/mol. The van der Waals surface area contributed by atoms with Crippen molar-refractivity contribution in [2.24, 2.45) is 4.99 Å². The Morgan fingerprint density at radius 2 is 1.21 bits per heavy atom. The molecule has 0 aromatic heterocycles. The van der Waals surface area contributed by atoms with Crippen LogP contribution >= 0.6 is 0 Å². The van der Waals surface area contributed by atoms with Gasteiger partial charge in [0.2, 0.25) is 0 Å². The van der Waals surface area contributed by atoms with E-state index in [1.165, 1.54) is 11.1 Å². The van der Waals surface area contributed by atoms with Gasteiger partial charge in [0.15, 0.2) is 0 Å². The van der Waals surface area contributed by atoms with Gasteiger partial charge >= 0.3 is 0 Å². The Kier molecular flexibility index (Phi) is 4.11. The summed E-state index contributed by atoms with van der Waals surface area (Å²) in [7, 11) is 0. The first-order chi connectivity index (χ1) is 11.9. The average Bonchev–Trinajstić information content (AvgIpc) is 3.08. The Balaban J connectivity index is 1.65. The van der Waals surface area contributed by atoms with Crippen LogP contribution in [0, 0.1) is 6.42 Å². The van der Waals surface area contributed by atoms with Crippen LogP contribution in [-0.4, -0.2) is 5.84 Å². The number of aliphatic imine (C=N–C) groups is 1. The van der Waals surface area contributed by atoms with E-state index >= 15 is 0 Å². The van der Waals surface area contributed by atoms with Gasteiger partial charge in [-0.2, -0.15) is 0 Å². The maximum Gasteiger partial charge on any atom is 0.106 e. The third kappa shape index (κ3) is 3.09. The minimum Gasteiger partial charge on any atom is -0.364 e. The van der Waals surface area contributed by atoms with E-state index in [2.05, 4.69) is 72.4 Å². The van der Waals surface area contributed by atoms with Crippen LogP contribution < -0.4 is 5.32 Å². The lowest BCUT2D eigenvalue weighted by molar-refractivity contribution is 0.572. The molecule has 1 aliphatic heterocycles. The second-order valence-corrected chi connectivity index (χ2v) is 5.96. The van der Waals surface area contributed by atoms with Crippen molar-refractivity contribution in [3.05, 3.63) is 114 Å². The summed E-state index contributed by atoms with van der Waals surface area (Å²) in [6.07, 6.45) is 2.11. The van der Waals surface area contributed by atoms with Crippen LogP contribution in [0.5, 0.6) is 0 Å². The highest BCUT2D eigenvalue weighted by molar-refractivity contribution is 5.95. The molecule has 1 N–H and O–H groups in total. The molecule has 0 spiro atoms. The molecule has 3 aromatic rings. The molecule has 0 fully saturated rings. The summed E-state index contributed by atoms with van der Waals surface area (Å²) >= 11 is 0. The fourth-order valence-corrected chi connectivity index (χ4v) is 3.13. The molecular formula is C22H19N2. The molecule has 2 atom stereocenters. The topological polar surface area (TPSA) is 24.4 Å². The number of rotatable bonds is 4. The molecule has 0 saturated heterocycles. The van der Waals surface area contributed by atoms with Gasteiger partial charge in [0.1, 0.15) is 11.9 Å². The molecule has 1 heterocycles. The largest absolute Gasteiger partial charge is 0.364 e. The van der Waals surface area contributed by atoms with Crippen LogP contribution in [0.2, 0.25) is 0 Å². The van der Waals surface area contributed by atoms with E-state index in [1.54, 1.807) is 0 Å². The van der Waals surface area contributed by atoms with Gasteiger partial charge in [-0.1, -0.05) is 91.0 Å². The Hall–Kier alpha value is -2.87. The Morgan fingerprint density at radius 3 is 1.83 bits per heavy atom. The lowest BCUT2D eigenvalue weighted by Gasteiger charge is -2.19. The first kappa shape index (κ1) is 14.7. The summed E-state index contributed by atoms with van der Waals surface area (Å²) in [6, 6.07) is 31.6. The fraction of sp³-hybridized carbons (Fsp3) is 0.0909. The van der Waals surface area contributed by atoms with Gasteiger partial charge in [-0.25, -0.2) is 0 Å². The van der Waals surface area contributed by atoms with Crippen LogP contribution in [0.3, 0.4) is 0 Å². The molecule has 4 rings (SSSR count). The predicted molar refractivity (Wildman–Crippen MR) is 98.8 cm³/mol. The molecule has 2 nitrogen and oxygen atoms in total. The highest BCUT2D eigenvalue weighted by Crippen LogP contribution is 2.36. The van der Waals surface area contributed by atoms with E-state index in [4.69, 9.17) is 4.99 Å². The van der Waals surface area contributed by atoms with E-state index in [9.17, 15) is 0 Å². The molecule has 24 heavy (non-hydrogen) atoms. The smallest absolute Gasteiger partial charge is 0.106 e. The van der Waals surface area contributed by atoms with E-state index in [0.29, 0.717) is 0 Å². The van der Waals surface area contributed by atoms with Crippen molar-refractivity contribution in [3.8, 4) is 0 Å². The summed E-state index contributed by atoms with van der Waals surface area (Å²) < 4.78 is 0. The Morgan fingerprint density at radius 1 is 0.667 bits per heavy atom. The summed E-state index contributed by atoms with van der Waals surface area (Å²) in [5.74, 6) is 0.934. The molecule has 0 saturated carbocycles. The minimum atomic E-state index is 0.0866. The lowest BCUT2D eigenvalue weighted by Crippen LogP contribution is -2.24. The molecule has 0 bridgehead atoms. The van der Waals surface area contributed by atoms with E-state index in [0.717, 1.165) is 11.4 Å². The van der Waals surface area contributed by atoms with Crippen LogP contribution in [0.1, 0.15) is 28.8 Å². The molecule has 0 amide bonds. The second-order valence-electron chi connectivity index (χ2n) is 5.96. The number of amidine groups is 1. The van der Waals surface area contributed by atoms with Crippen molar-refractivity contribution in [2.75, 3.05) is 0 Å². The summed E-state index contributed by atoms with van der Waals surface area (Å²) in [5.41, 5.74) is 3.64. The zero-order chi connectivity index (χ0) is 16.2. The van der Waals surface area contributed by atoms with Gasteiger partial charge in [-0.05, 0) is 16.7 Å². The number of nitrogens with zero attached hydrogens (tertiary/aromatic N) is 1. The SMILES string of the molecule is [CH](C1=N[C@H](c2ccccc2)[C@H](c2ccccc2)N1)c1ccccc1. The third-order valence-electron chi connectivity index (χ3n) is 4.30. The second kappa shape index (κ2) is 6.71. The first-order valence-corrected chi connectivity index (χ1v) is 8.24. The van der Waals surface area contributed by atoms with Gasteiger partial charge < -0.3 is 5.32 Å². The molecule has 0 unspecified atom stereocenters. The molecular weight excluding hydrogens is 292 g/mol. The van der Waals surface area contributed by atoms with E-state index in [-0.39, 0.29) is 12.1 Å². The normalized spacial score (nSPS) is 19.6. The minimum absolute atomic E-state index is 0.0866. The molecule has 1 radical (unpaired) electrons. The highest BCUT2D eigenvalue weighted by atomic mass is 15.1. The summed E-state index contributed by atoms with van der Waals surface area (Å²) in [5, 5.41) is 3.60. The molecule has 0 aliphatic carbocycles. The number of hydrogen-bond acceptors (Lipinski definition) is 2. The van der Waals surface area contributed by atoms with Crippen LogP contribution in [0.25, 0.3) is 0 Å². The lowest BCUT2D eigenvalue weighted by atomic mass is 9.95. The number of benzene rings is 3. The standard InChI is InChI=1S/C22H19N2/c1-4-10-17(11-5-1)16-20-23-21(18-12-6-2-7-13-18)22(24-20)19-14-8-3-9-15-19/h1-16,21-22H,(H,23,24)/t21-,22+. The van der Waals surface area contributed by atoms with Crippen LogP contribution in [-0.2, 0) is 0 Å². The van der Waals surface area contributed by atoms with Crippen molar-refractivity contribution in [3.63, 3.8) is 0 Å². The van der Waals surface area contributed by atoms with E-state index in [1.807, 2.05) is 30.3 Å². The first-order valence-electron chi connectivity index (χ1n) is 8.24. The highest BCUT2D eigenvalue weighted by Gasteiger charge is 2.30. The molecule has 3 aromatic carbocycles. The predicted octanol–water partition coefficient (Wildman–Crippen LogP) is 4.72. The van der Waals surface area contributed by atoms with Crippen molar-refractivity contribution >= 4 is 5.84 Å². The zero-order valence-electron chi connectivity index (χ0n) is 13.3. The van der Waals surface area contributed by atoms with Crippen molar-refractivity contribution in [1.29, 1.82) is 0 Å². The third-order valence-corrected chi connectivity index (χ3v) is 4.30. The van der Waals surface area contributed by atoms with Gasteiger partial charge in [-0.3, -0.25) is 4.99 Å². The summed E-state index contributed by atoms with van der Waals surface area (Å²) in [6.45, 7) is 0. The number of nitrogens with one attached hydrogen (secondary N) is 1.